The van der Waals surface area contributed by atoms with Crippen molar-refractivity contribution in [2.75, 3.05) is 5.75 Å². The van der Waals surface area contributed by atoms with E-state index in [0.29, 0.717) is 11.1 Å². The van der Waals surface area contributed by atoms with E-state index in [-0.39, 0.29) is 11.9 Å². The van der Waals surface area contributed by atoms with E-state index < -0.39 is 0 Å². The van der Waals surface area contributed by atoms with Crippen molar-refractivity contribution in [2.24, 2.45) is 4.99 Å². The number of aliphatic imine (C=N–C) groups is 1. The van der Waals surface area contributed by atoms with Crippen LogP contribution in [0.3, 0.4) is 0 Å². The van der Waals surface area contributed by atoms with Crippen LogP contribution in [0.4, 0.5) is 5.69 Å². The molecule has 0 saturated carbocycles. The van der Waals surface area contributed by atoms with Crippen LogP contribution in [0, 0.1) is 11.3 Å². The predicted octanol–water partition coefficient (Wildman–Crippen LogP) is 4.21. The summed E-state index contributed by atoms with van der Waals surface area (Å²) in [6, 6.07) is 18.7. The second kappa shape index (κ2) is 7.33. The second-order valence-corrected chi connectivity index (χ2v) is 6.46. The molecule has 1 aliphatic heterocycles. The highest BCUT2D eigenvalue weighted by molar-refractivity contribution is 8.14. The molecular weight excluding hydrogens is 318 g/mol. The van der Waals surface area contributed by atoms with Crippen LogP contribution in [0.25, 0.3) is 0 Å². The average Bonchev–Trinajstić information content (AvgIpc) is 3.04. The molecule has 120 valence electrons. The fourth-order valence-corrected chi connectivity index (χ4v) is 3.85. The highest BCUT2D eigenvalue weighted by Crippen LogP contribution is 2.30. The molecule has 5 heteroatoms. The van der Waals surface area contributed by atoms with E-state index in [4.69, 9.17) is 5.26 Å². The first-order valence-electron chi connectivity index (χ1n) is 7.83. The minimum Gasteiger partial charge on any atom is -0.283 e. The van der Waals surface area contributed by atoms with E-state index in [1.807, 2.05) is 30.3 Å². The lowest BCUT2D eigenvalue weighted by Crippen LogP contribution is -2.39. The molecule has 0 aromatic heterocycles. The van der Waals surface area contributed by atoms with Crippen LogP contribution >= 0.6 is 11.8 Å². The van der Waals surface area contributed by atoms with Gasteiger partial charge in [0.05, 0.1) is 17.3 Å². The summed E-state index contributed by atoms with van der Waals surface area (Å²) in [6.07, 6.45) is 0.866. The minimum absolute atomic E-state index is 0.0985. The number of carbonyl (C=O) groups excluding carboxylic acids is 1. The van der Waals surface area contributed by atoms with Gasteiger partial charge < -0.3 is 0 Å². The number of thioether (sulfide) groups is 1. The minimum atomic E-state index is -0.0985. The number of nitrogens with zero attached hydrogens (tertiary/aromatic N) is 3. The van der Waals surface area contributed by atoms with Gasteiger partial charge in [0.2, 0.25) is 0 Å². The zero-order valence-electron chi connectivity index (χ0n) is 13.3. The van der Waals surface area contributed by atoms with E-state index in [1.165, 1.54) is 0 Å². The van der Waals surface area contributed by atoms with Crippen LogP contribution in [0.15, 0.2) is 59.6 Å². The van der Waals surface area contributed by atoms with E-state index in [0.717, 1.165) is 23.0 Å². The molecule has 1 heterocycles. The zero-order valence-corrected chi connectivity index (χ0v) is 14.2. The first-order valence-corrected chi connectivity index (χ1v) is 8.81. The van der Waals surface area contributed by atoms with E-state index in [1.54, 1.807) is 40.9 Å². The summed E-state index contributed by atoms with van der Waals surface area (Å²) in [7, 11) is 0. The summed E-state index contributed by atoms with van der Waals surface area (Å²) in [6.45, 7) is 2.07. The van der Waals surface area contributed by atoms with Crippen molar-refractivity contribution in [1.29, 1.82) is 5.26 Å². The molecule has 24 heavy (non-hydrogen) atoms. The van der Waals surface area contributed by atoms with Gasteiger partial charge in [-0.25, -0.2) is 4.99 Å². The van der Waals surface area contributed by atoms with Crippen molar-refractivity contribution >= 4 is 28.5 Å². The average molecular weight is 335 g/mol. The Kier molecular flexibility index (Phi) is 4.97. The smallest absolute Gasteiger partial charge is 0.260 e. The Bertz CT molecular complexity index is 811. The topological polar surface area (TPSA) is 56.5 Å². The normalized spacial score (nSPS) is 18.6. The fourth-order valence-electron chi connectivity index (χ4n) is 2.58. The number of rotatable bonds is 3. The maximum atomic E-state index is 13.0. The number of hydrogen-bond acceptors (Lipinski definition) is 4. The van der Waals surface area contributed by atoms with Crippen LogP contribution < -0.4 is 0 Å². The molecule has 4 nitrogen and oxygen atoms in total. The summed E-state index contributed by atoms with van der Waals surface area (Å²) in [5.41, 5.74) is 1.85. The SMILES string of the molecule is CC[C@H]1CSC(=Nc2ccccc2)N1C(=O)c1cccc(C#N)c1. The molecule has 0 spiro atoms. The standard InChI is InChI=1S/C19H17N3OS/c1-2-17-13-24-19(21-16-9-4-3-5-10-16)22(17)18(23)15-8-6-7-14(11-15)12-20/h3-11,17H,2,13H2,1H3/t17-/m0/s1. The summed E-state index contributed by atoms with van der Waals surface area (Å²) in [5, 5.41) is 9.77. The molecule has 1 amide bonds. The van der Waals surface area contributed by atoms with Crippen LogP contribution in [0.5, 0.6) is 0 Å². The van der Waals surface area contributed by atoms with E-state index in [9.17, 15) is 4.79 Å². The van der Waals surface area contributed by atoms with Gasteiger partial charge in [-0.2, -0.15) is 5.26 Å². The van der Waals surface area contributed by atoms with Gasteiger partial charge in [0.25, 0.3) is 5.91 Å². The number of hydrogen-bond donors (Lipinski definition) is 0. The molecule has 1 fully saturated rings. The Morgan fingerprint density at radius 3 is 2.79 bits per heavy atom. The fraction of sp³-hybridized carbons (Fsp3) is 0.211. The van der Waals surface area contributed by atoms with Crippen LogP contribution in [0.1, 0.15) is 29.3 Å². The molecule has 0 radical (unpaired) electrons. The Labute approximate surface area is 145 Å². The first kappa shape index (κ1) is 16.3. The second-order valence-electron chi connectivity index (χ2n) is 5.47. The molecule has 0 N–H and O–H groups in total. The van der Waals surface area contributed by atoms with Crippen molar-refractivity contribution in [3.8, 4) is 6.07 Å². The Morgan fingerprint density at radius 2 is 2.08 bits per heavy atom. The molecule has 0 bridgehead atoms. The molecule has 2 aromatic rings. The quantitative estimate of drug-likeness (QED) is 0.844. The van der Waals surface area contributed by atoms with E-state index >= 15 is 0 Å². The molecule has 0 aliphatic carbocycles. The monoisotopic (exact) mass is 335 g/mol. The molecule has 2 aromatic carbocycles. The van der Waals surface area contributed by atoms with Crippen molar-refractivity contribution in [1.82, 2.24) is 4.90 Å². The van der Waals surface area contributed by atoms with Gasteiger partial charge in [-0.3, -0.25) is 9.69 Å². The Balaban J connectivity index is 1.96. The summed E-state index contributed by atoms with van der Waals surface area (Å²) in [5.74, 6) is 0.741. The molecular formula is C19H17N3OS. The summed E-state index contributed by atoms with van der Waals surface area (Å²) < 4.78 is 0. The largest absolute Gasteiger partial charge is 0.283 e. The van der Waals surface area contributed by atoms with E-state index in [2.05, 4.69) is 18.0 Å². The summed E-state index contributed by atoms with van der Waals surface area (Å²) in [4.78, 5) is 19.4. The van der Waals surface area contributed by atoms with Crippen molar-refractivity contribution in [3.63, 3.8) is 0 Å². The van der Waals surface area contributed by atoms with Gasteiger partial charge in [0.1, 0.15) is 0 Å². The van der Waals surface area contributed by atoms with Gasteiger partial charge in [-0.1, -0.05) is 43.0 Å². The highest BCUT2D eigenvalue weighted by atomic mass is 32.2. The van der Waals surface area contributed by atoms with Crippen LogP contribution in [-0.2, 0) is 0 Å². The highest BCUT2D eigenvalue weighted by Gasteiger charge is 2.34. The summed E-state index contributed by atoms with van der Waals surface area (Å²) >= 11 is 1.60. The first-order chi connectivity index (χ1) is 11.7. The van der Waals surface area contributed by atoms with Crippen LogP contribution in [0.2, 0.25) is 0 Å². The Morgan fingerprint density at radius 1 is 1.29 bits per heavy atom. The van der Waals surface area contributed by atoms with Gasteiger partial charge >= 0.3 is 0 Å². The van der Waals surface area contributed by atoms with Gasteiger partial charge in [0.15, 0.2) is 5.17 Å². The van der Waals surface area contributed by atoms with Gasteiger partial charge in [0, 0.05) is 17.4 Å². The number of nitriles is 1. The van der Waals surface area contributed by atoms with Crippen molar-refractivity contribution in [3.05, 3.63) is 65.7 Å². The maximum Gasteiger partial charge on any atom is 0.260 e. The predicted molar refractivity (Wildman–Crippen MR) is 97.4 cm³/mol. The third-order valence-electron chi connectivity index (χ3n) is 3.89. The molecule has 0 unspecified atom stereocenters. The van der Waals surface area contributed by atoms with Crippen molar-refractivity contribution < 1.29 is 4.79 Å². The number of para-hydroxylation sites is 1. The third-order valence-corrected chi connectivity index (χ3v) is 4.98. The Hall–Kier alpha value is -2.58. The third kappa shape index (κ3) is 3.34. The molecule has 1 aliphatic rings. The maximum absolute atomic E-state index is 13.0. The lowest BCUT2D eigenvalue weighted by atomic mass is 10.1. The number of carbonyl (C=O) groups is 1. The molecule has 1 saturated heterocycles. The number of amides is 1. The molecule has 3 rings (SSSR count). The zero-order chi connectivity index (χ0) is 16.9. The number of amidine groups is 1. The van der Waals surface area contributed by atoms with Crippen LogP contribution in [-0.4, -0.2) is 27.8 Å². The van der Waals surface area contributed by atoms with Crippen molar-refractivity contribution in [2.45, 2.75) is 19.4 Å². The van der Waals surface area contributed by atoms with Gasteiger partial charge in [-0.15, -0.1) is 0 Å². The number of benzene rings is 2. The molecule has 1 atom stereocenters. The lowest BCUT2D eigenvalue weighted by molar-refractivity contribution is 0.0819. The lowest BCUT2D eigenvalue weighted by Gasteiger charge is -2.23. The van der Waals surface area contributed by atoms with Gasteiger partial charge in [-0.05, 0) is 36.8 Å².